The van der Waals surface area contributed by atoms with Crippen LogP contribution in [0.25, 0.3) is 0 Å². The normalized spacial score (nSPS) is 14.0. The van der Waals surface area contributed by atoms with Crippen molar-refractivity contribution < 1.29 is 19.1 Å². The number of hydrogen-bond acceptors (Lipinski definition) is 3. The number of halogens is 1. The highest BCUT2D eigenvalue weighted by atomic mass is 79.9. The predicted octanol–water partition coefficient (Wildman–Crippen LogP) is 2.60. The van der Waals surface area contributed by atoms with Crippen molar-refractivity contribution >= 4 is 27.8 Å². The molecule has 0 saturated heterocycles. The van der Waals surface area contributed by atoms with Gasteiger partial charge in [-0.2, -0.15) is 0 Å². The molecular formula is C12H16BrNO4. The molecule has 100 valence electrons. The smallest absolute Gasteiger partial charge is 0.337 e. The Kier molecular flexibility index (Phi) is 4.56. The predicted molar refractivity (Wildman–Crippen MR) is 69.1 cm³/mol. The van der Waals surface area contributed by atoms with Gasteiger partial charge in [0.1, 0.15) is 5.76 Å². The number of rotatable bonds is 5. The molecule has 0 spiro atoms. The molecule has 0 aromatic carbocycles. The summed E-state index contributed by atoms with van der Waals surface area (Å²) in [6.07, 6.45) is 0.671. The van der Waals surface area contributed by atoms with E-state index in [0.717, 1.165) is 0 Å². The summed E-state index contributed by atoms with van der Waals surface area (Å²) in [4.78, 5) is 24.6. The minimum absolute atomic E-state index is 0.227. The van der Waals surface area contributed by atoms with Gasteiger partial charge in [-0.3, -0.25) is 4.79 Å². The minimum Gasteiger partial charge on any atom is -0.479 e. The Morgan fingerprint density at radius 3 is 2.44 bits per heavy atom. The molecule has 1 rings (SSSR count). The van der Waals surface area contributed by atoms with Crippen LogP contribution in [-0.2, 0) is 15.1 Å². The van der Waals surface area contributed by atoms with E-state index in [9.17, 15) is 14.7 Å². The number of hydrogen-bond donors (Lipinski definition) is 1. The van der Waals surface area contributed by atoms with Crippen molar-refractivity contribution in [2.75, 3.05) is 6.54 Å². The Labute approximate surface area is 114 Å². The zero-order chi connectivity index (χ0) is 13.9. The fourth-order valence-corrected chi connectivity index (χ4v) is 2.16. The maximum Gasteiger partial charge on any atom is 0.337 e. The number of amides is 1. The summed E-state index contributed by atoms with van der Waals surface area (Å²) in [6, 6.07) is 3.17. The van der Waals surface area contributed by atoms with Crippen LogP contribution in [0.3, 0.4) is 0 Å². The van der Waals surface area contributed by atoms with Crippen LogP contribution in [0.1, 0.15) is 33.0 Å². The van der Waals surface area contributed by atoms with Crippen molar-refractivity contribution in [2.45, 2.75) is 32.7 Å². The fourth-order valence-electron chi connectivity index (χ4n) is 1.85. The van der Waals surface area contributed by atoms with Gasteiger partial charge in [0.05, 0.1) is 0 Å². The zero-order valence-electron chi connectivity index (χ0n) is 10.6. The van der Waals surface area contributed by atoms with Crippen molar-refractivity contribution in [3.05, 3.63) is 22.6 Å². The van der Waals surface area contributed by atoms with Gasteiger partial charge in [-0.15, -0.1) is 0 Å². The lowest BCUT2D eigenvalue weighted by Gasteiger charge is -2.35. The molecule has 6 heteroatoms. The van der Waals surface area contributed by atoms with Crippen LogP contribution >= 0.6 is 15.9 Å². The highest BCUT2D eigenvalue weighted by Crippen LogP contribution is 2.32. The maximum atomic E-state index is 11.7. The number of nitrogens with zero attached hydrogens (tertiary/aromatic N) is 1. The average Bonchev–Trinajstić information content (AvgIpc) is 2.71. The third kappa shape index (κ3) is 2.58. The van der Waals surface area contributed by atoms with E-state index in [-0.39, 0.29) is 11.7 Å². The average molecular weight is 318 g/mol. The lowest BCUT2D eigenvalue weighted by atomic mass is 9.96. The van der Waals surface area contributed by atoms with Crippen LogP contribution in [0.5, 0.6) is 0 Å². The Hall–Kier alpha value is -1.30. The molecule has 0 aliphatic rings. The van der Waals surface area contributed by atoms with E-state index in [0.29, 0.717) is 17.6 Å². The lowest BCUT2D eigenvalue weighted by molar-refractivity contribution is -0.159. The van der Waals surface area contributed by atoms with Gasteiger partial charge in [-0.1, -0.05) is 6.92 Å². The lowest BCUT2D eigenvalue weighted by Crippen LogP contribution is -2.52. The highest BCUT2D eigenvalue weighted by molar-refractivity contribution is 9.10. The number of carboxylic acids is 1. The molecule has 1 unspecified atom stereocenters. The van der Waals surface area contributed by atoms with Gasteiger partial charge in [-0.25, -0.2) is 4.79 Å². The molecule has 0 radical (unpaired) electrons. The molecule has 1 N–H and O–H groups in total. The van der Waals surface area contributed by atoms with Gasteiger partial charge < -0.3 is 14.4 Å². The standard InChI is InChI=1S/C12H16BrNO4/c1-4-7-14(8(2)15)12(3,11(16)17)9-5-6-10(13)18-9/h5-6H,4,7H2,1-3H3,(H,16,17). The molecule has 0 saturated carbocycles. The molecule has 18 heavy (non-hydrogen) atoms. The third-order valence-electron chi connectivity index (χ3n) is 2.84. The number of furan rings is 1. The van der Waals surface area contributed by atoms with E-state index in [4.69, 9.17) is 4.42 Å². The maximum absolute atomic E-state index is 11.7. The molecule has 1 atom stereocenters. The highest BCUT2D eigenvalue weighted by Gasteiger charge is 2.45. The van der Waals surface area contributed by atoms with E-state index in [1.165, 1.54) is 18.7 Å². The summed E-state index contributed by atoms with van der Waals surface area (Å²) in [7, 11) is 0. The number of aliphatic carboxylic acids is 1. The molecule has 1 amide bonds. The van der Waals surface area contributed by atoms with Crippen molar-refractivity contribution in [1.82, 2.24) is 4.90 Å². The van der Waals surface area contributed by atoms with E-state index in [1.807, 2.05) is 6.92 Å². The molecule has 0 aliphatic carbocycles. The Morgan fingerprint density at radius 2 is 2.11 bits per heavy atom. The molecular weight excluding hydrogens is 302 g/mol. The Bertz CT molecular complexity index is 457. The second-order valence-electron chi connectivity index (χ2n) is 4.15. The van der Waals surface area contributed by atoms with Crippen molar-refractivity contribution in [3.8, 4) is 0 Å². The van der Waals surface area contributed by atoms with Gasteiger partial charge in [0.25, 0.3) is 0 Å². The van der Waals surface area contributed by atoms with Crippen molar-refractivity contribution in [2.24, 2.45) is 0 Å². The van der Waals surface area contributed by atoms with E-state index < -0.39 is 11.5 Å². The van der Waals surface area contributed by atoms with Crippen LogP contribution in [0.2, 0.25) is 0 Å². The van der Waals surface area contributed by atoms with Crippen LogP contribution in [0.15, 0.2) is 21.2 Å². The number of carboxylic acid groups (broad SMARTS) is 1. The molecule has 0 aliphatic heterocycles. The van der Waals surface area contributed by atoms with Crippen molar-refractivity contribution in [1.29, 1.82) is 0 Å². The molecule has 0 bridgehead atoms. The monoisotopic (exact) mass is 317 g/mol. The molecule has 1 aromatic heterocycles. The summed E-state index contributed by atoms with van der Waals surface area (Å²) >= 11 is 3.14. The van der Waals surface area contributed by atoms with Gasteiger partial charge in [-0.05, 0) is 41.4 Å². The van der Waals surface area contributed by atoms with Crippen molar-refractivity contribution in [3.63, 3.8) is 0 Å². The Balaban J connectivity index is 3.29. The van der Waals surface area contributed by atoms with E-state index >= 15 is 0 Å². The second-order valence-corrected chi connectivity index (χ2v) is 4.93. The topological polar surface area (TPSA) is 70.8 Å². The van der Waals surface area contributed by atoms with Crippen LogP contribution in [-0.4, -0.2) is 28.4 Å². The van der Waals surface area contributed by atoms with Gasteiger partial charge >= 0.3 is 5.97 Å². The molecule has 1 aromatic rings. The van der Waals surface area contributed by atoms with Crippen LogP contribution in [0, 0.1) is 0 Å². The molecule has 1 heterocycles. The summed E-state index contributed by atoms with van der Waals surface area (Å²) in [5, 5.41) is 9.47. The zero-order valence-corrected chi connectivity index (χ0v) is 12.2. The first kappa shape index (κ1) is 14.8. The minimum atomic E-state index is -1.49. The number of carbonyl (C=O) groups is 2. The first-order valence-electron chi connectivity index (χ1n) is 5.61. The van der Waals surface area contributed by atoms with Crippen LogP contribution in [0.4, 0.5) is 0 Å². The van der Waals surface area contributed by atoms with Gasteiger partial charge in [0, 0.05) is 13.5 Å². The fraction of sp³-hybridized carbons (Fsp3) is 0.500. The number of carbonyl (C=O) groups excluding carboxylic acids is 1. The molecule has 0 fully saturated rings. The summed E-state index contributed by atoms with van der Waals surface area (Å²) in [5.41, 5.74) is -1.49. The molecule has 5 nitrogen and oxygen atoms in total. The van der Waals surface area contributed by atoms with E-state index in [2.05, 4.69) is 15.9 Å². The van der Waals surface area contributed by atoms with Gasteiger partial charge in [0.2, 0.25) is 5.91 Å². The first-order valence-corrected chi connectivity index (χ1v) is 6.40. The SMILES string of the molecule is CCCN(C(C)=O)C(C)(C(=O)O)c1ccc(Br)o1. The summed E-state index contributed by atoms with van der Waals surface area (Å²) in [6.45, 7) is 5.07. The second kappa shape index (κ2) is 5.56. The van der Waals surface area contributed by atoms with Crippen LogP contribution < -0.4 is 0 Å². The van der Waals surface area contributed by atoms with E-state index in [1.54, 1.807) is 12.1 Å². The largest absolute Gasteiger partial charge is 0.479 e. The Morgan fingerprint density at radius 1 is 1.50 bits per heavy atom. The van der Waals surface area contributed by atoms with Gasteiger partial charge in [0.15, 0.2) is 10.2 Å². The quantitative estimate of drug-likeness (QED) is 0.906. The summed E-state index contributed by atoms with van der Waals surface area (Å²) < 4.78 is 5.76. The third-order valence-corrected chi connectivity index (χ3v) is 3.26. The first-order chi connectivity index (χ1) is 8.33. The summed E-state index contributed by atoms with van der Waals surface area (Å²) in [5.74, 6) is -1.19.